The van der Waals surface area contributed by atoms with Crippen LogP contribution in [-0.4, -0.2) is 43.6 Å². The molecule has 130 valence electrons. The Morgan fingerprint density at radius 1 is 1.35 bits per heavy atom. The molecule has 1 aliphatic heterocycles. The van der Waals surface area contributed by atoms with Crippen molar-refractivity contribution in [2.45, 2.75) is 45.1 Å². The number of ether oxygens (including phenoxy) is 1. The average molecular weight is 341 g/mol. The number of amides is 1. The molecule has 0 radical (unpaired) electrons. The van der Waals surface area contributed by atoms with Crippen LogP contribution >= 0.6 is 12.4 Å². The number of nitrogens with one attached hydrogen (secondary N) is 1. The van der Waals surface area contributed by atoms with Crippen molar-refractivity contribution in [1.29, 1.82) is 0 Å². The maximum atomic E-state index is 12.2. The summed E-state index contributed by atoms with van der Waals surface area (Å²) < 4.78 is 5.69. The summed E-state index contributed by atoms with van der Waals surface area (Å²) in [5, 5.41) is 3.26. The van der Waals surface area contributed by atoms with E-state index in [2.05, 4.69) is 31.3 Å². The monoisotopic (exact) mass is 340 g/mol. The van der Waals surface area contributed by atoms with Gasteiger partial charge in [-0.1, -0.05) is 26.0 Å². The van der Waals surface area contributed by atoms with Gasteiger partial charge in [0, 0.05) is 19.1 Å². The molecule has 0 spiro atoms. The Kier molecular flexibility index (Phi) is 8.42. The summed E-state index contributed by atoms with van der Waals surface area (Å²) >= 11 is 0. The zero-order valence-corrected chi connectivity index (χ0v) is 15.2. The lowest BCUT2D eigenvalue weighted by molar-refractivity contribution is -0.133. The Bertz CT molecular complexity index is 476. The molecule has 1 fully saturated rings. The molecule has 2 rings (SSSR count). The second-order valence-corrected chi connectivity index (χ2v) is 6.29. The van der Waals surface area contributed by atoms with Gasteiger partial charge in [0.25, 0.3) is 0 Å². The smallest absolute Gasteiger partial charge is 0.226 e. The molecule has 0 saturated carbocycles. The molecular formula is C18H29ClN2O2. The molecule has 1 N–H and O–H groups in total. The van der Waals surface area contributed by atoms with Crippen molar-refractivity contribution in [3.05, 3.63) is 29.8 Å². The number of nitrogens with zero attached hydrogens (tertiary/aromatic N) is 1. The van der Waals surface area contributed by atoms with Gasteiger partial charge in [0.2, 0.25) is 5.91 Å². The van der Waals surface area contributed by atoms with Gasteiger partial charge in [-0.05, 0) is 43.5 Å². The Balaban J connectivity index is 0.00000264. The van der Waals surface area contributed by atoms with Gasteiger partial charge >= 0.3 is 0 Å². The summed E-state index contributed by atoms with van der Waals surface area (Å²) in [7, 11) is 1.96. The van der Waals surface area contributed by atoms with Crippen LogP contribution < -0.4 is 10.1 Å². The number of rotatable bonds is 6. The number of carbonyl (C=O) groups excluding carboxylic acids is 1. The minimum Gasteiger partial charge on any atom is -0.493 e. The summed E-state index contributed by atoms with van der Waals surface area (Å²) in [5.74, 6) is 1.55. The highest BCUT2D eigenvalue weighted by Gasteiger charge is 2.22. The number of piperidine rings is 1. The molecule has 1 amide bonds. The second-order valence-electron chi connectivity index (χ2n) is 6.29. The summed E-state index contributed by atoms with van der Waals surface area (Å²) in [6.45, 7) is 6.48. The molecule has 23 heavy (non-hydrogen) atoms. The summed E-state index contributed by atoms with van der Waals surface area (Å²) in [5.41, 5.74) is 1.30. The predicted molar refractivity (Wildman–Crippen MR) is 96.6 cm³/mol. The predicted octanol–water partition coefficient (Wildman–Crippen LogP) is 3.21. The van der Waals surface area contributed by atoms with E-state index in [9.17, 15) is 4.79 Å². The zero-order valence-electron chi connectivity index (χ0n) is 14.4. The van der Waals surface area contributed by atoms with E-state index in [-0.39, 0.29) is 18.3 Å². The lowest BCUT2D eigenvalue weighted by Gasteiger charge is -2.32. The first-order chi connectivity index (χ1) is 10.6. The van der Waals surface area contributed by atoms with E-state index in [1.165, 1.54) is 5.56 Å². The molecule has 1 unspecified atom stereocenters. The number of hydrogen-bond acceptors (Lipinski definition) is 3. The molecule has 0 bridgehead atoms. The van der Waals surface area contributed by atoms with Gasteiger partial charge in [0.1, 0.15) is 5.75 Å². The SMILES string of the molecule is CNC1CCCN(C(=O)CCOc2ccc(C(C)C)cc2)C1.Cl. The molecule has 5 heteroatoms. The van der Waals surface area contributed by atoms with Crippen LogP contribution in [0.1, 0.15) is 44.6 Å². The number of halogens is 1. The fourth-order valence-electron chi connectivity index (χ4n) is 2.80. The Hall–Kier alpha value is -1.26. The highest BCUT2D eigenvalue weighted by molar-refractivity contribution is 5.85. The highest BCUT2D eigenvalue weighted by Crippen LogP contribution is 2.19. The third-order valence-electron chi connectivity index (χ3n) is 4.31. The van der Waals surface area contributed by atoms with Crippen molar-refractivity contribution in [3.8, 4) is 5.75 Å². The van der Waals surface area contributed by atoms with Crippen LogP contribution in [0.4, 0.5) is 0 Å². The molecule has 1 aromatic rings. The van der Waals surface area contributed by atoms with Gasteiger partial charge in [-0.2, -0.15) is 0 Å². The van der Waals surface area contributed by atoms with Crippen molar-refractivity contribution >= 4 is 18.3 Å². The average Bonchev–Trinajstić information content (AvgIpc) is 2.55. The topological polar surface area (TPSA) is 41.6 Å². The molecule has 1 aliphatic rings. The minimum atomic E-state index is 0. The minimum absolute atomic E-state index is 0. The van der Waals surface area contributed by atoms with E-state index in [0.717, 1.165) is 31.7 Å². The summed E-state index contributed by atoms with van der Waals surface area (Å²) in [6.07, 6.45) is 2.68. The Labute approximate surface area is 146 Å². The first-order valence-electron chi connectivity index (χ1n) is 8.28. The van der Waals surface area contributed by atoms with Gasteiger partial charge < -0.3 is 15.0 Å². The Morgan fingerprint density at radius 3 is 2.65 bits per heavy atom. The van der Waals surface area contributed by atoms with Gasteiger partial charge in [0.15, 0.2) is 0 Å². The van der Waals surface area contributed by atoms with Crippen molar-refractivity contribution < 1.29 is 9.53 Å². The van der Waals surface area contributed by atoms with Gasteiger partial charge in [-0.15, -0.1) is 12.4 Å². The first-order valence-corrected chi connectivity index (χ1v) is 8.28. The molecule has 4 nitrogen and oxygen atoms in total. The van der Waals surface area contributed by atoms with Crippen LogP contribution in [-0.2, 0) is 4.79 Å². The Morgan fingerprint density at radius 2 is 2.04 bits per heavy atom. The largest absolute Gasteiger partial charge is 0.493 e. The van der Waals surface area contributed by atoms with E-state index < -0.39 is 0 Å². The van der Waals surface area contributed by atoms with E-state index in [1.54, 1.807) is 0 Å². The van der Waals surface area contributed by atoms with Crippen molar-refractivity contribution in [1.82, 2.24) is 10.2 Å². The van der Waals surface area contributed by atoms with E-state index in [4.69, 9.17) is 4.74 Å². The number of likely N-dealkylation sites (N-methyl/N-ethyl adjacent to an activating group) is 1. The van der Waals surface area contributed by atoms with E-state index in [1.807, 2.05) is 24.1 Å². The van der Waals surface area contributed by atoms with Crippen LogP contribution in [0.3, 0.4) is 0 Å². The third kappa shape index (κ3) is 6.04. The summed E-state index contributed by atoms with van der Waals surface area (Å²) in [4.78, 5) is 14.2. The lowest BCUT2D eigenvalue weighted by Crippen LogP contribution is -2.47. The molecule has 0 aromatic heterocycles. The van der Waals surface area contributed by atoms with E-state index in [0.29, 0.717) is 25.0 Å². The first kappa shape index (κ1) is 19.8. The summed E-state index contributed by atoms with van der Waals surface area (Å²) in [6, 6.07) is 8.57. The molecule has 1 aromatic carbocycles. The fraction of sp³-hybridized carbons (Fsp3) is 0.611. The van der Waals surface area contributed by atoms with Gasteiger partial charge in [-0.25, -0.2) is 0 Å². The van der Waals surface area contributed by atoms with Crippen molar-refractivity contribution in [2.24, 2.45) is 0 Å². The van der Waals surface area contributed by atoms with Crippen molar-refractivity contribution in [3.63, 3.8) is 0 Å². The molecule has 1 atom stereocenters. The number of likely N-dealkylation sites (tertiary alicyclic amines) is 1. The van der Waals surface area contributed by atoms with Crippen LogP contribution in [0.2, 0.25) is 0 Å². The highest BCUT2D eigenvalue weighted by atomic mass is 35.5. The van der Waals surface area contributed by atoms with Crippen LogP contribution in [0.25, 0.3) is 0 Å². The maximum absolute atomic E-state index is 12.2. The number of hydrogen-bond donors (Lipinski definition) is 1. The van der Waals surface area contributed by atoms with Gasteiger partial charge in [0.05, 0.1) is 13.0 Å². The molecular weight excluding hydrogens is 312 g/mol. The second kappa shape index (κ2) is 9.78. The van der Waals surface area contributed by atoms with Crippen molar-refractivity contribution in [2.75, 3.05) is 26.7 Å². The zero-order chi connectivity index (χ0) is 15.9. The standard InChI is InChI=1S/C18H28N2O2.ClH/c1-14(2)15-6-8-17(9-7-15)22-12-10-18(21)20-11-4-5-16(13-20)19-3;/h6-9,14,16,19H,4-5,10-13H2,1-3H3;1H. The quantitative estimate of drug-likeness (QED) is 0.864. The maximum Gasteiger partial charge on any atom is 0.226 e. The number of benzene rings is 1. The van der Waals surface area contributed by atoms with Crippen LogP contribution in [0, 0.1) is 0 Å². The van der Waals surface area contributed by atoms with Crippen LogP contribution in [0.5, 0.6) is 5.75 Å². The fourth-order valence-corrected chi connectivity index (χ4v) is 2.80. The number of carbonyl (C=O) groups is 1. The van der Waals surface area contributed by atoms with Gasteiger partial charge in [-0.3, -0.25) is 4.79 Å². The molecule has 1 saturated heterocycles. The lowest BCUT2D eigenvalue weighted by atomic mass is 10.0. The molecule has 1 heterocycles. The normalized spacial score (nSPS) is 17.7. The third-order valence-corrected chi connectivity index (χ3v) is 4.31. The molecule has 0 aliphatic carbocycles. The van der Waals surface area contributed by atoms with E-state index >= 15 is 0 Å². The van der Waals surface area contributed by atoms with Crippen LogP contribution in [0.15, 0.2) is 24.3 Å².